The molecule has 4 rings (SSSR count). The van der Waals surface area contributed by atoms with Gasteiger partial charge in [-0.05, 0) is 37.8 Å². The molecule has 0 radical (unpaired) electrons. The summed E-state index contributed by atoms with van der Waals surface area (Å²) in [5.74, 6) is 0.852. The molecule has 10 heteroatoms. The van der Waals surface area contributed by atoms with Crippen molar-refractivity contribution in [2.24, 2.45) is 0 Å². The van der Waals surface area contributed by atoms with E-state index in [0.717, 1.165) is 49.8 Å². The van der Waals surface area contributed by atoms with E-state index in [2.05, 4.69) is 15.5 Å². The Morgan fingerprint density at radius 1 is 1.21 bits per heavy atom. The maximum Gasteiger partial charge on any atom is 0.252 e. The maximum atomic E-state index is 12.8. The second-order valence-electron chi connectivity index (χ2n) is 7.84. The van der Waals surface area contributed by atoms with Gasteiger partial charge in [0.15, 0.2) is 5.82 Å². The molecular formula is C19H26N4O4S2. The number of thiophene rings is 1. The van der Waals surface area contributed by atoms with Crippen molar-refractivity contribution in [2.45, 2.75) is 68.0 Å². The third kappa shape index (κ3) is 4.24. The zero-order valence-corrected chi connectivity index (χ0v) is 18.1. The molecule has 1 aliphatic heterocycles. The van der Waals surface area contributed by atoms with Gasteiger partial charge in [-0.1, -0.05) is 24.4 Å². The van der Waals surface area contributed by atoms with Crippen LogP contribution in [0.5, 0.6) is 0 Å². The first kappa shape index (κ1) is 20.5. The minimum atomic E-state index is -3.46. The van der Waals surface area contributed by atoms with Crippen LogP contribution in [0.3, 0.4) is 0 Å². The summed E-state index contributed by atoms with van der Waals surface area (Å²) in [4.78, 5) is 17.8. The van der Waals surface area contributed by atoms with Gasteiger partial charge >= 0.3 is 0 Å². The molecule has 158 valence electrons. The van der Waals surface area contributed by atoms with Crippen LogP contribution in [0.25, 0.3) is 0 Å². The van der Waals surface area contributed by atoms with Gasteiger partial charge in [0.1, 0.15) is 9.75 Å². The van der Waals surface area contributed by atoms with Crippen molar-refractivity contribution < 1.29 is 17.7 Å². The van der Waals surface area contributed by atoms with Crippen molar-refractivity contribution in [2.75, 3.05) is 13.1 Å². The fraction of sp³-hybridized carbons (Fsp3) is 0.632. The van der Waals surface area contributed by atoms with Gasteiger partial charge in [0.05, 0.1) is 6.42 Å². The average molecular weight is 439 g/mol. The van der Waals surface area contributed by atoms with Gasteiger partial charge in [-0.25, -0.2) is 8.42 Å². The van der Waals surface area contributed by atoms with Crippen molar-refractivity contribution in [1.29, 1.82) is 0 Å². The average Bonchev–Trinajstić information content (AvgIpc) is 3.44. The maximum absolute atomic E-state index is 12.8. The third-order valence-electron chi connectivity index (χ3n) is 5.67. The predicted octanol–water partition coefficient (Wildman–Crippen LogP) is 2.74. The van der Waals surface area contributed by atoms with Gasteiger partial charge < -0.3 is 9.84 Å². The largest absolute Gasteiger partial charge is 0.343 e. The first-order valence-corrected chi connectivity index (χ1v) is 12.4. The molecule has 1 N–H and O–H groups in total. The molecular weight excluding hydrogens is 412 g/mol. The molecule has 1 aliphatic carbocycles. The Morgan fingerprint density at radius 2 is 1.93 bits per heavy atom. The number of aromatic nitrogens is 2. The van der Waals surface area contributed by atoms with Crippen molar-refractivity contribution in [1.82, 2.24) is 19.8 Å². The fourth-order valence-electron chi connectivity index (χ4n) is 4.17. The smallest absolute Gasteiger partial charge is 0.252 e. The van der Waals surface area contributed by atoms with Crippen LogP contribution in [0.15, 0.2) is 20.9 Å². The molecule has 0 aromatic carbocycles. The van der Waals surface area contributed by atoms with Crippen LogP contribution < -0.4 is 5.32 Å². The van der Waals surface area contributed by atoms with E-state index in [9.17, 15) is 13.2 Å². The van der Waals surface area contributed by atoms with Crippen LogP contribution in [0.2, 0.25) is 0 Å². The van der Waals surface area contributed by atoms with Crippen LogP contribution in [-0.2, 0) is 26.8 Å². The van der Waals surface area contributed by atoms with Crippen LogP contribution in [0.4, 0.5) is 0 Å². The standard InChI is InChI=1S/C19H26N4O4S2/c1-14-20-18(22-27-14)19(9-3-4-10-19)21-16(24)13-15-7-8-17(28-15)29(25,26)23-11-5-2-6-12-23/h7-8H,2-6,9-13H2,1H3,(H,21,24). The Morgan fingerprint density at radius 3 is 2.59 bits per heavy atom. The number of nitrogens with zero attached hydrogens (tertiary/aromatic N) is 3. The molecule has 29 heavy (non-hydrogen) atoms. The highest BCUT2D eigenvalue weighted by atomic mass is 32.2. The van der Waals surface area contributed by atoms with E-state index in [1.807, 2.05) is 0 Å². The van der Waals surface area contributed by atoms with Crippen LogP contribution in [0.1, 0.15) is 61.5 Å². The van der Waals surface area contributed by atoms with Gasteiger partial charge in [-0.3, -0.25) is 4.79 Å². The number of hydrogen-bond acceptors (Lipinski definition) is 7. The number of rotatable bonds is 6. The summed E-state index contributed by atoms with van der Waals surface area (Å²) >= 11 is 1.18. The lowest BCUT2D eigenvalue weighted by molar-refractivity contribution is -0.122. The van der Waals surface area contributed by atoms with E-state index in [-0.39, 0.29) is 12.3 Å². The first-order valence-electron chi connectivity index (χ1n) is 10.1. The van der Waals surface area contributed by atoms with Gasteiger partial charge in [0.25, 0.3) is 10.0 Å². The highest BCUT2D eigenvalue weighted by molar-refractivity contribution is 7.91. The fourth-order valence-corrected chi connectivity index (χ4v) is 7.20. The second kappa shape index (κ2) is 8.16. The highest BCUT2D eigenvalue weighted by Crippen LogP contribution is 2.37. The van der Waals surface area contributed by atoms with E-state index < -0.39 is 15.6 Å². The van der Waals surface area contributed by atoms with E-state index in [0.29, 0.717) is 29.0 Å². The Balaban J connectivity index is 1.45. The number of carbonyl (C=O) groups excluding carboxylic acids is 1. The van der Waals surface area contributed by atoms with Gasteiger partial charge in [-0.15, -0.1) is 11.3 Å². The summed E-state index contributed by atoms with van der Waals surface area (Å²) in [7, 11) is -3.46. The number of hydrogen-bond donors (Lipinski definition) is 1. The number of sulfonamides is 1. The summed E-state index contributed by atoms with van der Waals surface area (Å²) in [6.45, 7) is 2.88. The zero-order valence-electron chi connectivity index (χ0n) is 16.5. The van der Waals surface area contributed by atoms with Gasteiger partial charge in [0.2, 0.25) is 11.8 Å². The predicted molar refractivity (Wildman–Crippen MR) is 108 cm³/mol. The van der Waals surface area contributed by atoms with Crippen molar-refractivity contribution >= 4 is 27.3 Å². The molecule has 0 bridgehead atoms. The third-order valence-corrected chi connectivity index (χ3v) is 9.12. The van der Waals surface area contributed by atoms with Gasteiger partial charge in [-0.2, -0.15) is 9.29 Å². The van der Waals surface area contributed by atoms with Crippen molar-refractivity contribution in [3.05, 3.63) is 28.7 Å². The molecule has 2 aromatic rings. The van der Waals surface area contributed by atoms with E-state index >= 15 is 0 Å². The molecule has 0 atom stereocenters. The van der Waals surface area contributed by atoms with Crippen molar-refractivity contribution in [3.63, 3.8) is 0 Å². The summed E-state index contributed by atoms with van der Waals surface area (Å²) in [5.41, 5.74) is -0.588. The zero-order chi connectivity index (χ0) is 20.5. The molecule has 2 aromatic heterocycles. The number of amides is 1. The lowest BCUT2D eigenvalue weighted by Gasteiger charge is -2.26. The van der Waals surface area contributed by atoms with Crippen molar-refractivity contribution in [3.8, 4) is 0 Å². The summed E-state index contributed by atoms with van der Waals surface area (Å²) < 4.78 is 32.6. The molecule has 3 heterocycles. The Labute approximate surface area is 174 Å². The minimum absolute atomic E-state index is 0.138. The molecule has 1 saturated carbocycles. The molecule has 0 spiro atoms. The van der Waals surface area contributed by atoms with E-state index in [1.165, 1.54) is 11.3 Å². The minimum Gasteiger partial charge on any atom is -0.343 e. The second-order valence-corrected chi connectivity index (χ2v) is 11.2. The van der Waals surface area contributed by atoms with Gasteiger partial charge in [0, 0.05) is 24.9 Å². The first-order chi connectivity index (χ1) is 13.9. The lowest BCUT2D eigenvalue weighted by Crippen LogP contribution is -2.45. The molecule has 2 fully saturated rings. The van der Waals surface area contributed by atoms with Crippen LogP contribution >= 0.6 is 11.3 Å². The molecule has 1 saturated heterocycles. The number of piperidine rings is 1. The molecule has 8 nitrogen and oxygen atoms in total. The Kier molecular flexibility index (Phi) is 5.76. The Hall–Kier alpha value is -1.78. The summed E-state index contributed by atoms with van der Waals surface area (Å²) in [6, 6.07) is 3.35. The molecule has 1 amide bonds. The summed E-state index contributed by atoms with van der Waals surface area (Å²) in [5, 5.41) is 7.14. The van der Waals surface area contributed by atoms with E-state index in [4.69, 9.17) is 4.52 Å². The molecule has 0 unspecified atom stereocenters. The summed E-state index contributed by atoms with van der Waals surface area (Å²) in [6.07, 6.45) is 6.54. The lowest BCUT2D eigenvalue weighted by atomic mass is 9.96. The Bertz CT molecular complexity index is 970. The molecule has 2 aliphatic rings. The van der Waals surface area contributed by atoms with E-state index in [1.54, 1.807) is 23.4 Å². The number of aryl methyl sites for hydroxylation is 1. The number of nitrogens with one attached hydrogen (secondary N) is 1. The normalized spacial score (nSPS) is 20.0. The quantitative estimate of drug-likeness (QED) is 0.743. The van der Waals surface area contributed by atoms with Crippen LogP contribution in [0, 0.1) is 6.92 Å². The number of carbonyl (C=O) groups is 1. The highest BCUT2D eigenvalue weighted by Gasteiger charge is 2.41. The SMILES string of the molecule is Cc1nc(C2(NC(=O)Cc3ccc(S(=O)(=O)N4CCCCC4)s3)CCCC2)no1. The topological polar surface area (TPSA) is 105 Å². The van der Waals surface area contributed by atoms with Crippen LogP contribution in [-0.4, -0.2) is 41.9 Å². The monoisotopic (exact) mass is 438 g/mol.